The van der Waals surface area contributed by atoms with Crippen molar-refractivity contribution >= 4 is 92.0 Å². The van der Waals surface area contributed by atoms with Gasteiger partial charge in [-0.1, -0.05) is 121 Å². The van der Waals surface area contributed by atoms with E-state index in [9.17, 15) is 0 Å². The standard InChI is InChI=1S/C49H30N2OS/c1-2-11-35(12-3-1)49-50-42-29-25-34-21-20-33-24-28-37(30-41(33)46(34)48(42)52-49)51(43-17-8-13-31-10-4-5-14-38(31)43)36-26-22-32(23-27-36)39-16-9-19-45-47(39)40-15-6-7-18-44(40)53-45/h1-30H. The Morgan fingerprint density at radius 2 is 1.13 bits per heavy atom. The summed E-state index contributed by atoms with van der Waals surface area (Å²) in [6.45, 7) is 0. The van der Waals surface area contributed by atoms with E-state index in [4.69, 9.17) is 9.40 Å². The van der Waals surface area contributed by atoms with Gasteiger partial charge in [-0.15, -0.1) is 11.3 Å². The van der Waals surface area contributed by atoms with Crippen LogP contribution in [0.4, 0.5) is 17.1 Å². The molecule has 0 aliphatic heterocycles. The number of oxazole rings is 1. The maximum absolute atomic E-state index is 6.59. The number of rotatable bonds is 5. The molecule has 3 nitrogen and oxygen atoms in total. The van der Waals surface area contributed by atoms with E-state index >= 15 is 0 Å². The van der Waals surface area contributed by atoms with Gasteiger partial charge >= 0.3 is 0 Å². The molecule has 9 aromatic carbocycles. The topological polar surface area (TPSA) is 29.3 Å². The van der Waals surface area contributed by atoms with E-state index in [1.807, 2.05) is 41.7 Å². The zero-order valence-electron chi connectivity index (χ0n) is 28.5. The molecule has 2 heterocycles. The highest BCUT2D eigenvalue weighted by atomic mass is 32.1. The number of anilines is 3. The number of hydrogen-bond donors (Lipinski definition) is 0. The fraction of sp³-hybridized carbons (Fsp3) is 0. The van der Waals surface area contributed by atoms with Gasteiger partial charge in [-0.25, -0.2) is 4.98 Å². The molecular weight excluding hydrogens is 665 g/mol. The van der Waals surface area contributed by atoms with Gasteiger partial charge in [-0.05, 0) is 93.3 Å². The number of fused-ring (bicyclic) bond motifs is 9. The van der Waals surface area contributed by atoms with Crippen molar-refractivity contribution in [2.24, 2.45) is 0 Å². The van der Waals surface area contributed by atoms with Crippen LogP contribution in [0.2, 0.25) is 0 Å². The molecule has 0 saturated carbocycles. The van der Waals surface area contributed by atoms with E-state index in [1.165, 1.54) is 42.1 Å². The summed E-state index contributed by atoms with van der Waals surface area (Å²) >= 11 is 1.86. The SMILES string of the molecule is c1ccc(-c2nc3ccc4ccc5ccc(N(c6ccc(-c7cccc8sc9ccccc9c78)cc6)c6cccc7ccccc67)cc5c4c3o2)cc1. The Balaban J connectivity index is 1.12. The van der Waals surface area contributed by atoms with E-state index in [-0.39, 0.29) is 0 Å². The Bertz CT molecular complexity index is 3170. The van der Waals surface area contributed by atoms with Crippen molar-refractivity contribution in [1.82, 2.24) is 4.98 Å². The lowest BCUT2D eigenvalue weighted by Crippen LogP contribution is -2.10. The van der Waals surface area contributed by atoms with E-state index in [2.05, 4.69) is 157 Å². The van der Waals surface area contributed by atoms with Gasteiger partial charge < -0.3 is 9.32 Å². The molecule has 0 N–H and O–H groups in total. The summed E-state index contributed by atoms with van der Waals surface area (Å²) in [5.74, 6) is 0.630. The van der Waals surface area contributed by atoms with Crippen LogP contribution in [0.1, 0.15) is 0 Å². The molecule has 0 saturated heterocycles. The zero-order chi connectivity index (χ0) is 34.9. The molecule has 4 heteroatoms. The molecule has 0 bridgehead atoms. The minimum Gasteiger partial charge on any atom is -0.435 e. The molecule has 248 valence electrons. The smallest absolute Gasteiger partial charge is 0.227 e. The second-order valence-corrected chi connectivity index (χ2v) is 14.6. The van der Waals surface area contributed by atoms with Crippen molar-refractivity contribution in [3.8, 4) is 22.6 Å². The van der Waals surface area contributed by atoms with Crippen LogP contribution in [0.25, 0.3) is 86.2 Å². The van der Waals surface area contributed by atoms with E-state index in [0.717, 1.165) is 55.3 Å². The van der Waals surface area contributed by atoms with Gasteiger partial charge in [0.25, 0.3) is 0 Å². The molecule has 0 aliphatic rings. The largest absolute Gasteiger partial charge is 0.435 e. The number of nitrogens with zero attached hydrogens (tertiary/aromatic N) is 2. The molecule has 53 heavy (non-hydrogen) atoms. The lowest BCUT2D eigenvalue weighted by atomic mass is 9.98. The first-order valence-corrected chi connectivity index (χ1v) is 18.7. The number of thiophene rings is 1. The number of aromatic nitrogens is 1. The van der Waals surface area contributed by atoms with Gasteiger partial charge in [0.15, 0.2) is 5.58 Å². The third-order valence-electron chi connectivity index (χ3n) is 10.5. The van der Waals surface area contributed by atoms with Crippen LogP contribution < -0.4 is 4.90 Å². The Labute approximate surface area is 309 Å². The monoisotopic (exact) mass is 694 g/mol. The lowest BCUT2D eigenvalue weighted by molar-refractivity contribution is 0.623. The van der Waals surface area contributed by atoms with E-state index < -0.39 is 0 Å². The lowest BCUT2D eigenvalue weighted by Gasteiger charge is -2.27. The van der Waals surface area contributed by atoms with Crippen molar-refractivity contribution in [2.45, 2.75) is 0 Å². The van der Waals surface area contributed by atoms with Crippen molar-refractivity contribution < 1.29 is 4.42 Å². The molecule has 0 radical (unpaired) electrons. The Morgan fingerprint density at radius 1 is 0.453 bits per heavy atom. The van der Waals surface area contributed by atoms with Gasteiger partial charge in [0.1, 0.15) is 5.52 Å². The predicted molar refractivity (Wildman–Crippen MR) is 225 cm³/mol. The normalized spacial score (nSPS) is 11.8. The molecule has 0 unspecified atom stereocenters. The quantitative estimate of drug-likeness (QED) is 0.168. The molecule has 0 aliphatic carbocycles. The maximum Gasteiger partial charge on any atom is 0.227 e. The fourth-order valence-corrected chi connectivity index (χ4v) is 9.12. The second-order valence-electron chi connectivity index (χ2n) is 13.5. The maximum atomic E-state index is 6.59. The van der Waals surface area contributed by atoms with Crippen LogP contribution in [0.15, 0.2) is 186 Å². The van der Waals surface area contributed by atoms with Crippen LogP contribution in [0.5, 0.6) is 0 Å². The second kappa shape index (κ2) is 11.9. The minimum absolute atomic E-state index is 0.630. The van der Waals surface area contributed by atoms with E-state index in [0.29, 0.717) is 5.89 Å². The summed E-state index contributed by atoms with van der Waals surface area (Å²) in [5, 5.41) is 9.49. The van der Waals surface area contributed by atoms with Gasteiger partial charge in [-0.2, -0.15) is 0 Å². The summed E-state index contributed by atoms with van der Waals surface area (Å²) in [6, 6.07) is 65.2. The molecular formula is C49H30N2OS. The van der Waals surface area contributed by atoms with Crippen LogP contribution in [-0.4, -0.2) is 4.98 Å². The average Bonchev–Trinajstić information content (AvgIpc) is 3.84. The summed E-state index contributed by atoms with van der Waals surface area (Å²) in [4.78, 5) is 7.31. The molecule has 0 spiro atoms. The highest BCUT2D eigenvalue weighted by Crippen LogP contribution is 2.44. The third kappa shape index (κ3) is 4.84. The molecule has 11 rings (SSSR count). The predicted octanol–water partition coefficient (Wildman–Crippen LogP) is 14.5. The van der Waals surface area contributed by atoms with Crippen LogP contribution in [0.3, 0.4) is 0 Å². The Morgan fingerprint density at radius 3 is 2.04 bits per heavy atom. The van der Waals surface area contributed by atoms with Gasteiger partial charge in [-0.3, -0.25) is 0 Å². The number of benzene rings is 9. The molecule has 0 atom stereocenters. The molecule has 0 fully saturated rings. The molecule has 0 amide bonds. The Kier molecular flexibility index (Phi) is 6.73. The van der Waals surface area contributed by atoms with Gasteiger partial charge in [0, 0.05) is 47.9 Å². The summed E-state index contributed by atoms with van der Waals surface area (Å²) in [5.41, 5.74) is 8.36. The zero-order valence-corrected chi connectivity index (χ0v) is 29.3. The highest BCUT2D eigenvalue weighted by molar-refractivity contribution is 7.25. The first-order chi connectivity index (χ1) is 26.3. The molecule has 11 aromatic rings. The van der Waals surface area contributed by atoms with Crippen LogP contribution in [0, 0.1) is 0 Å². The van der Waals surface area contributed by atoms with Gasteiger partial charge in [0.2, 0.25) is 5.89 Å². The number of hydrogen-bond acceptors (Lipinski definition) is 4. The average molecular weight is 695 g/mol. The van der Waals surface area contributed by atoms with Crippen molar-refractivity contribution in [1.29, 1.82) is 0 Å². The van der Waals surface area contributed by atoms with Crippen molar-refractivity contribution in [3.63, 3.8) is 0 Å². The first-order valence-electron chi connectivity index (χ1n) is 17.9. The fourth-order valence-electron chi connectivity index (χ4n) is 7.99. The minimum atomic E-state index is 0.630. The van der Waals surface area contributed by atoms with Crippen LogP contribution >= 0.6 is 11.3 Å². The van der Waals surface area contributed by atoms with Crippen molar-refractivity contribution in [2.75, 3.05) is 4.90 Å². The van der Waals surface area contributed by atoms with E-state index in [1.54, 1.807) is 0 Å². The first kappa shape index (κ1) is 29.9. The highest BCUT2D eigenvalue weighted by Gasteiger charge is 2.19. The Hall–Kier alpha value is -6.75. The van der Waals surface area contributed by atoms with Crippen LogP contribution in [-0.2, 0) is 0 Å². The summed E-state index contributed by atoms with van der Waals surface area (Å²) < 4.78 is 9.21. The van der Waals surface area contributed by atoms with Gasteiger partial charge in [0.05, 0.1) is 5.69 Å². The summed E-state index contributed by atoms with van der Waals surface area (Å²) in [6.07, 6.45) is 0. The summed E-state index contributed by atoms with van der Waals surface area (Å²) in [7, 11) is 0. The third-order valence-corrected chi connectivity index (χ3v) is 11.6. The molecule has 2 aromatic heterocycles. The van der Waals surface area contributed by atoms with Crippen molar-refractivity contribution in [3.05, 3.63) is 182 Å².